The van der Waals surface area contributed by atoms with E-state index in [1.807, 2.05) is 43.9 Å². The molecular weight excluding hydrogens is 400 g/mol. The third kappa shape index (κ3) is 5.76. The van der Waals surface area contributed by atoms with Gasteiger partial charge in [-0.3, -0.25) is 9.59 Å². The molecule has 0 bridgehead atoms. The summed E-state index contributed by atoms with van der Waals surface area (Å²) < 4.78 is 5.86. The highest BCUT2D eigenvalue weighted by molar-refractivity contribution is 6.30. The minimum atomic E-state index is -0.0127. The predicted molar refractivity (Wildman–Crippen MR) is 119 cm³/mol. The van der Waals surface area contributed by atoms with Gasteiger partial charge in [-0.1, -0.05) is 35.9 Å². The number of amides is 2. The van der Waals surface area contributed by atoms with Crippen LogP contribution < -0.4 is 10.1 Å². The van der Waals surface area contributed by atoms with Gasteiger partial charge >= 0.3 is 0 Å². The topological polar surface area (TPSA) is 58.6 Å². The first kappa shape index (κ1) is 22.2. The summed E-state index contributed by atoms with van der Waals surface area (Å²) in [7, 11) is 0. The van der Waals surface area contributed by atoms with Gasteiger partial charge < -0.3 is 15.0 Å². The number of nitrogens with zero attached hydrogens (tertiary/aromatic N) is 1. The number of hydrogen-bond donors (Lipinski definition) is 1. The molecule has 1 fully saturated rings. The minimum absolute atomic E-state index is 0.00386. The standard InChI is InChI=1S/C24H29ClN2O3/c1-16-4-5-17(2)24(18(16)3)30-15-23(29)27-12-10-21(11-13-27)26-22(28)14-19-6-8-20(25)9-7-19/h4-9,21H,10-15H2,1-3H3,(H,26,28). The number of aryl methyl sites for hydroxylation is 2. The lowest BCUT2D eigenvalue weighted by molar-refractivity contribution is -0.134. The van der Waals surface area contributed by atoms with Gasteiger partial charge in [0.1, 0.15) is 5.75 Å². The van der Waals surface area contributed by atoms with E-state index in [9.17, 15) is 9.59 Å². The molecule has 5 nitrogen and oxygen atoms in total. The van der Waals surface area contributed by atoms with Crippen molar-refractivity contribution in [2.24, 2.45) is 0 Å². The Morgan fingerprint density at radius 3 is 2.33 bits per heavy atom. The molecule has 0 unspecified atom stereocenters. The molecule has 0 saturated carbocycles. The van der Waals surface area contributed by atoms with Crippen molar-refractivity contribution in [3.63, 3.8) is 0 Å². The van der Waals surface area contributed by atoms with Crippen molar-refractivity contribution < 1.29 is 14.3 Å². The highest BCUT2D eigenvalue weighted by Gasteiger charge is 2.24. The molecule has 1 heterocycles. The molecule has 1 N–H and O–H groups in total. The number of halogens is 1. The summed E-state index contributed by atoms with van der Waals surface area (Å²) in [6.45, 7) is 7.33. The van der Waals surface area contributed by atoms with Crippen LogP contribution in [-0.4, -0.2) is 42.5 Å². The van der Waals surface area contributed by atoms with Gasteiger partial charge in [-0.2, -0.15) is 0 Å². The van der Waals surface area contributed by atoms with Crippen LogP contribution >= 0.6 is 11.6 Å². The smallest absolute Gasteiger partial charge is 0.260 e. The maximum Gasteiger partial charge on any atom is 0.260 e. The van der Waals surface area contributed by atoms with Crippen molar-refractivity contribution in [2.45, 2.75) is 46.1 Å². The second kappa shape index (κ2) is 9.98. The average molecular weight is 429 g/mol. The number of ether oxygens (including phenoxy) is 1. The van der Waals surface area contributed by atoms with Crippen LogP contribution in [0.1, 0.15) is 35.1 Å². The van der Waals surface area contributed by atoms with Crippen molar-refractivity contribution in [1.82, 2.24) is 10.2 Å². The third-order valence-corrected chi connectivity index (χ3v) is 5.96. The number of benzene rings is 2. The molecule has 6 heteroatoms. The fraction of sp³-hybridized carbons (Fsp3) is 0.417. The van der Waals surface area contributed by atoms with Crippen LogP contribution in [0.4, 0.5) is 0 Å². The summed E-state index contributed by atoms with van der Waals surface area (Å²) in [5.74, 6) is 0.782. The highest BCUT2D eigenvalue weighted by Crippen LogP contribution is 2.25. The third-order valence-electron chi connectivity index (χ3n) is 5.70. The molecule has 30 heavy (non-hydrogen) atoms. The predicted octanol–water partition coefficient (Wildman–Crippen LogP) is 3.99. The van der Waals surface area contributed by atoms with Gasteiger partial charge in [0.2, 0.25) is 5.91 Å². The molecule has 2 aromatic carbocycles. The molecule has 2 amide bonds. The lowest BCUT2D eigenvalue weighted by atomic mass is 10.0. The van der Waals surface area contributed by atoms with Crippen LogP contribution in [0.2, 0.25) is 5.02 Å². The van der Waals surface area contributed by atoms with Crippen molar-refractivity contribution in [2.75, 3.05) is 19.7 Å². The van der Waals surface area contributed by atoms with Crippen LogP contribution in [0.25, 0.3) is 0 Å². The van der Waals surface area contributed by atoms with Crippen LogP contribution in [0.5, 0.6) is 5.75 Å². The molecule has 160 valence electrons. The maximum absolute atomic E-state index is 12.6. The monoisotopic (exact) mass is 428 g/mol. The summed E-state index contributed by atoms with van der Waals surface area (Å²) >= 11 is 5.88. The molecule has 1 aliphatic heterocycles. The van der Waals surface area contributed by atoms with Crippen molar-refractivity contribution in [3.8, 4) is 5.75 Å². The summed E-state index contributed by atoms with van der Waals surface area (Å²) in [4.78, 5) is 26.7. The largest absolute Gasteiger partial charge is 0.483 e. The number of piperidine rings is 1. The Bertz CT molecular complexity index is 903. The number of carbonyl (C=O) groups excluding carboxylic acids is 2. The second-order valence-corrected chi connectivity index (χ2v) is 8.40. The van der Waals surface area contributed by atoms with E-state index in [1.54, 1.807) is 12.1 Å². The SMILES string of the molecule is Cc1ccc(C)c(OCC(=O)N2CCC(NC(=O)Cc3ccc(Cl)cc3)CC2)c1C. The quantitative estimate of drug-likeness (QED) is 0.756. The number of carbonyl (C=O) groups is 2. The molecule has 1 aliphatic rings. The summed E-state index contributed by atoms with van der Waals surface area (Å²) in [6, 6.07) is 11.5. The maximum atomic E-state index is 12.6. The van der Waals surface area contributed by atoms with Gasteiger partial charge in [0.15, 0.2) is 6.61 Å². The number of nitrogens with one attached hydrogen (secondary N) is 1. The number of rotatable bonds is 6. The first-order chi connectivity index (χ1) is 14.3. The molecule has 0 aliphatic carbocycles. The van der Waals surface area contributed by atoms with Gasteiger partial charge in [-0.15, -0.1) is 0 Å². The fourth-order valence-electron chi connectivity index (χ4n) is 3.71. The zero-order valence-corrected chi connectivity index (χ0v) is 18.6. The van der Waals surface area contributed by atoms with Crippen LogP contribution in [-0.2, 0) is 16.0 Å². The summed E-state index contributed by atoms with van der Waals surface area (Å²) in [5, 5.41) is 3.74. The Morgan fingerprint density at radius 2 is 1.67 bits per heavy atom. The van der Waals surface area contributed by atoms with Crippen molar-refractivity contribution >= 4 is 23.4 Å². The molecule has 3 rings (SSSR count). The second-order valence-electron chi connectivity index (χ2n) is 7.97. The van der Waals surface area contributed by atoms with Gasteiger partial charge in [0.05, 0.1) is 6.42 Å². The van der Waals surface area contributed by atoms with Crippen LogP contribution in [0.3, 0.4) is 0 Å². The zero-order chi connectivity index (χ0) is 21.7. The van der Waals surface area contributed by atoms with E-state index in [1.165, 1.54) is 0 Å². The first-order valence-corrected chi connectivity index (χ1v) is 10.7. The molecule has 0 spiro atoms. The molecule has 2 aromatic rings. The Labute approximate surface area is 183 Å². The molecular formula is C24H29ClN2O3. The van der Waals surface area contributed by atoms with E-state index >= 15 is 0 Å². The van der Waals surface area contributed by atoms with E-state index in [0.717, 1.165) is 40.8 Å². The van der Waals surface area contributed by atoms with Crippen LogP contribution in [0, 0.1) is 20.8 Å². The number of likely N-dealkylation sites (tertiary alicyclic amines) is 1. The van der Waals surface area contributed by atoms with Crippen LogP contribution in [0.15, 0.2) is 36.4 Å². The normalized spacial score (nSPS) is 14.5. The van der Waals surface area contributed by atoms with E-state index < -0.39 is 0 Å². The van der Waals surface area contributed by atoms with Gasteiger partial charge in [-0.05, 0) is 68.0 Å². The number of hydrogen-bond acceptors (Lipinski definition) is 3. The van der Waals surface area contributed by atoms with E-state index in [4.69, 9.17) is 16.3 Å². The molecule has 0 atom stereocenters. The lowest BCUT2D eigenvalue weighted by Crippen LogP contribution is -2.48. The molecule has 0 aromatic heterocycles. The van der Waals surface area contributed by atoms with E-state index in [0.29, 0.717) is 24.5 Å². The van der Waals surface area contributed by atoms with E-state index in [2.05, 4.69) is 11.4 Å². The van der Waals surface area contributed by atoms with Crippen molar-refractivity contribution in [1.29, 1.82) is 0 Å². The van der Waals surface area contributed by atoms with E-state index in [-0.39, 0.29) is 24.5 Å². The molecule has 1 saturated heterocycles. The fourth-order valence-corrected chi connectivity index (χ4v) is 3.84. The molecule has 0 radical (unpaired) electrons. The van der Waals surface area contributed by atoms with Crippen molar-refractivity contribution in [3.05, 3.63) is 63.7 Å². The summed E-state index contributed by atoms with van der Waals surface area (Å²) in [6.07, 6.45) is 1.83. The highest BCUT2D eigenvalue weighted by atomic mass is 35.5. The zero-order valence-electron chi connectivity index (χ0n) is 17.8. The Balaban J connectivity index is 1.43. The van der Waals surface area contributed by atoms with Gasteiger partial charge in [0.25, 0.3) is 5.91 Å². The lowest BCUT2D eigenvalue weighted by Gasteiger charge is -2.32. The first-order valence-electron chi connectivity index (χ1n) is 10.3. The Morgan fingerprint density at radius 1 is 1.03 bits per heavy atom. The average Bonchev–Trinajstić information content (AvgIpc) is 2.73. The van der Waals surface area contributed by atoms with Gasteiger partial charge in [0, 0.05) is 24.2 Å². The summed E-state index contributed by atoms with van der Waals surface area (Å²) in [5.41, 5.74) is 4.19. The minimum Gasteiger partial charge on any atom is -0.483 e. The Kier molecular flexibility index (Phi) is 7.38. The van der Waals surface area contributed by atoms with Gasteiger partial charge in [-0.25, -0.2) is 0 Å². The Hall–Kier alpha value is -2.53.